The molecule has 0 aliphatic carbocycles. The van der Waals surface area contributed by atoms with Crippen LogP contribution in [0.4, 0.5) is 8.78 Å². The minimum atomic E-state index is -2.88. The Labute approximate surface area is 155 Å². The number of alkyl halides is 2. The summed E-state index contributed by atoms with van der Waals surface area (Å²) < 4.78 is 33.4. The van der Waals surface area contributed by atoms with E-state index in [-0.39, 0.29) is 37.3 Å². The van der Waals surface area contributed by atoms with Gasteiger partial charge in [-0.3, -0.25) is 4.90 Å². The van der Waals surface area contributed by atoms with Crippen LogP contribution in [0.3, 0.4) is 0 Å². The number of carboxylic acids is 2. The lowest BCUT2D eigenvalue weighted by Gasteiger charge is -2.32. The second-order valence-electron chi connectivity index (χ2n) is 6.63. The van der Waals surface area contributed by atoms with E-state index in [0.717, 1.165) is 12.1 Å². The second kappa shape index (κ2) is 9.09. The van der Waals surface area contributed by atoms with Crippen LogP contribution >= 0.6 is 0 Å². The molecule has 1 aliphatic heterocycles. The van der Waals surface area contributed by atoms with Crippen LogP contribution in [-0.4, -0.2) is 70.4 Å². The van der Waals surface area contributed by atoms with Crippen LogP contribution in [0.2, 0.25) is 0 Å². The Morgan fingerprint density at radius 2 is 1.78 bits per heavy atom. The zero-order chi connectivity index (χ0) is 20.0. The van der Waals surface area contributed by atoms with Gasteiger partial charge in [0.2, 0.25) is 0 Å². The molecule has 1 heterocycles. The third-order valence-electron chi connectivity index (χ3n) is 4.42. The number of hydrogen-bond donors (Lipinski definition) is 3. The lowest BCUT2D eigenvalue weighted by Crippen LogP contribution is -2.43. The monoisotopic (exact) mass is 387 g/mol. The molecule has 0 spiro atoms. The highest BCUT2D eigenvalue weighted by atomic mass is 19.3. The van der Waals surface area contributed by atoms with E-state index in [1.54, 1.807) is 4.90 Å². The van der Waals surface area contributed by atoms with Gasteiger partial charge in [0, 0.05) is 19.5 Å². The van der Waals surface area contributed by atoms with Crippen molar-refractivity contribution in [1.82, 2.24) is 4.90 Å². The highest BCUT2D eigenvalue weighted by Crippen LogP contribution is 2.24. The SMILES string of the molecule is O=C(O)c1ccc(OCCCC(F)(F)CN2CCC(O)CC2)cc1C(=O)O. The minimum absolute atomic E-state index is 0.0419. The summed E-state index contributed by atoms with van der Waals surface area (Å²) in [4.78, 5) is 23.7. The van der Waals surface area contributed by atoms with Crippen LogP contribution in [-0.2, 0) is 0 Å². The number of carbonyl (C=O) groups is 2. The summed E-state index contributed by atoms with van der Waals surface area (Å²) in [6.07, 6.45) is 0.262. The van der Waals surface area contributed by atoms with Gasteiger partial charge in [-0.05, 0) is 37.5 Å². The number of benzene rings is 1. The van der Waals surface area contributed by atoms with Gasteiger partial charge >= 0.3 is 11.9 Å². The van der Waals surface area contributed by atoms with Gasteiger partial charge in [-0.25, -0.2) is 18.4 Å². The Morgan fingerprint density at radius 1 is 1.15 bits per heavy atom. The van der Waals surface area contributed by atoms with E-state index in [9.17, 15) is 23.5 Å². The van der Waals surface area contributed by atoms with Crippen LogP contribution in [0.1, 0.15) is 46.4 Å². The van der Waals surface area contributed by atoms with Crippen LogP contribution in [0, 0.1) is 0 Å². The van der Waals surface area contributed by atoms with Crippen molar-refractivity contribution in [3.05, 3.63) is 29.3 Å². The molecule has 1 aromatic carbocycles. The molecule has 0 saturated carbocycles. The summed E-state index contributed by atoms with van der Waals surface area (Å²) in [6, 6.07) is 3.48. The predicted molar refractivity (Wildman–Crippen MR) is 91.7 cm³/mol. The highest BCUT2D eigenvalue weighted by molar-refractivity contribution is 6.01. The average molecular weight is 387 g/mol. The topological polar surface area (TPSA) is 107 Å². The van der Waals surface area contributed by atoms with Gasteiger partial charge in [0.05, 0.1) is 30.4 Å². The second-order valence-corrected chi connectivity index (χ2v) is 6.63. The molecule has 0 bridgehead atoms. The summed E-state index contributed by atoms with van der Waals surface area (Å²) in [7, 11) is 0. The maximum absolute atomic E-state index is 14.0. The number of piperidine rings is 1. The van der Waals surface area contributed by atoms with Crippen LogP contribution in [0.15, 0.2) is 18.2 Å². The smallest absolute Gasteiger partial charge is 0.336 e. The molecule has 0 radical (unpaired) electrons. The molecule has 0 amide bonds. The molecule has 0 atom stereocenters. The quantitative estimate of drug-likeness (QED) is 0.558. The minimum Gasteiger partial charge on any atom is -0.494 e. The lowest BCUT2D eigenvalue weighted by molar-refractivity contribution is -0.0535. The molecule has 27 heavy (non-hydrogen) atoms. The van der Waals surface area contributed by atoms with E-state index in [4.69, 9.17) is 14.9 Å². The van der Waals surface area contributed by atoms with Crippen molar-refractivity contribution in [3.63, 3.8) is 0 Å². The first-order chi connectivity index (χ1) is 12.7. The molecule has 1 saturated heterocycles. The third-order valence-corrected chi connectivity index (χ3v) is 4.42. The zero-order valence-corrected chi connectivity index (χ0v) is 14.7. The molecule has 0 unspecified atom stereocenters. The van der Waals surface area contributed by atoms with Gasteiger partial charge in [0.15, 0.2) is 0 Å². The van der Waals surface area contributed by atoms with Crippen LogP contribution < -0.4 is 4.74 Å². The molecule has 9 heteroatoms. The van der Waals surface area contributed by atoms with Crippen molar-refractivity contribution >= 4 is 11.9 Å². The van der Waals surface area contributed by atoms with Crippen molar-refractivity contribution in [2.45, 2.75) is 37.7 Å². The normalized spacial score (nSPS) is 16.3. The maximum Gasteiger partial charge on any atom is 0.336 e. The summed E-state index contributed by atoms with van der Waals surface area (Å²) in [5.41, 5.74) is -0.786. The summed E-state index contributed by atoms with van der Waals surface area (Å²) >= 11 is 0. The van der Waals surface area contributed by atoms with E-state index < -0.39 is 29.5 Å². The Hall–Kier alpha value is -2.26. The molecule has 1 aromatic rings. The van der Waals surface area contributed by atoms with Crippen molar-refractivity contribution in [2.75, 3.05) is 26.2 Å². The van der Waals surface area contributed by atoms with Gasteiger partial charge in [-0.1, -0.05) is 0 Å². The number of carboxylic acid groups (broad SMARTS) is 2. The molecular weight excluding hydrogens is 364 g/mol. The van der Waals surface area contributed by atoms with E-state index >= 15 is 0 Å². The molecule has 2 rings (SSSR count). The number of aromatic carboxylic acids is 2. The number of hydrogen-bond acceptors (Lipinski definition) is 5. The van der Waals surface area contributed by atoms with Gasteiger partial charge < -0.3 is 20.1 Å². The summed E-state index contributed by atoms with van der Waals surface area (Å²) in [5.74, 6) is -5.55. The first-order valence-electron chi connectivity index (χ1n) is 8.69. The van der Waals surface area contributed by atoms with E-state index in [2.05, 4.69) is 0 Å². The number of aliphatic hydroxyl groups excluding tert-OH is 1. The molecule has 1 aliphatic rings. The molecule has 3 N–H and O–H groups in total. The Balaban J connectivity index is 1.81. The van der Waals surface area contributed by atoms with Crippen molar-refractivity contribution < 1.29 is 38.4 Å². The van der Waals surface area contributed by atoms with E-state index in [1.165, 1.54) is 6.07 Å². The van der Waals surface area contributed by atoms with Gasteiger partial charge in [0.25, 0.3) is 5.92 Å². The first-order valence-corrected chi connectivity index (χ1v) is 8.69. The highest BCUT2D eigenvalue weighted by Gasteiger charge is 2.32. The summed E-state index contributed by atoms with van der Waals surface area (Å²) in [5, 5.41) is 27.4. The number of likely N-dealkylation sites (tertiary alicyclic amines) is 1. The molecular formula is C18H23F2NO6. The number of rotatable bonds is 9. The Morgan fingerprint density at radius 3 is 2.37 bits per heavy atom. The van der Waals surface area contributed by atoms with E-state index in [1.807, 2.05) is 0 Å². The fourth-order valence-electron chi connectivity index (χ4n) is 2.98. The largest absolute Gasteiger partial charge is 0.494 e. The predicted octanol–water partition coefficient (Wildman–Crippen LogP) is 2.33. The molecule has 7 nitrogen and oxygen atoms in total. The fraction of sp³-hybridized carbons (Fsp3) is 0.556. The first kappa shape index (κ1) is 21.0. The standard InChI is InChI=1S/C18H23F2NO6/c19-18(20,11-21-7-4-12(22)5-8-21)6-1-9-27-13-2-3-14(16(23)24)15(10-13)17(25)26/h2-3,10,12,22H,1,4-9,11H2,(H,23,24)(H,25,26). The number of aliphatic hydroxyl groups is 1. The van der Waals surface area contributed by atoms with Crippen LogP contribution in [0.5, 0.6) is 5.75 Å². The summed E-state index contributed by atoms with van der Waals surface area (Å²) in [6.45, 7) is 0.484. The van der Waals surface area contributed by atoms with Crippen molar-refractivity contribution in [2.24, 2.45) is 0 Å². The Bertz CT molecular complexity index is 674. The molecule has 0 aromatic heterocycles. The average Bonchev–Trinajstić information content (AvgIpc) is 2.60. The van der Waals surface area contributed by atoms with Gasteiger partial charge in [0.1, 0.15) is 5.75 Å². The molecule has 150 valence electrons. The maximum atomic E-state index is 14.0. The van der Waals surface area contributed by atoms with Gasteiger partial charge in [-0.2, -0.15) is 0 Å². The van der Waals surface area contributed by atoms with Gasteiger partial charge in [-0.15, -0.1) is 0 Å². The number of halogens is 2. The third kappa shape index (κ3) is 6.44. The van der Waals surface area contributed by atoms with E-state index in [0.29, 0.717) is 25.9 Å². The molecule has 1 fully saturated rings. The zero-order valence-electron chi connectivity index (χ0n) is 14.7. The Kier molecular flexibility index (Phi) is 7.09. The fourth-order valence-corrected chi connectivity index (χ4v) is 2.98. The van der Waals surface area contributed by atoms with Crippen molar-refractivity contribution in [1.29, 1.82) is 0 Å². The van der Waals surface area contributed by atoms with Crippen LogP contribution in [0.25, 0.3) is 0 Å². The number of nitrogens with zero attached hydrogens (tertiary/aromatic N) is 1. The lowest BCUT2D eigenvalue weighted by atomic mass is 10.1. The van der Waals surface area contributed by atoms with Crippen molar-refractivity contribution in [3.8, 4) is 5.75 Å². The number of ether oxygens (including phenoxy) is 1.